The smallest absolute Gasteiger partial charge is 0.257 e. The van der Waals surface area contributed by atoms with Crippen LogP contribution in [0.25, 0.3) is 0 Å². The van der Waals surface area contributed by atoms with Gasteiger partial charge in [0.2, 0.25) is 0 Å². The third-order valence-electron chi connectivity index (χ3n) is 2.77. The van der Waals surface area contributed by atoms with E-state index in [-0.39, 0.29) is 5.91 Å². The lowest BCUT2D eigenvalue weighted by Crippen LogP contribution is -2.14. The Bertz CT molecular complexity index is 677. The van der Waals surface area contributed by atoms with Crippen molar-refractivity contribution in [1.29, 1.82) is 0 Å². The second-order valence-corrected chi connectivity index (χ2v) is 6.00. The summed E-state index contributed by atoms with van der Waals surface area (Å²) in [7, 11) is 0. The van der Waals surface area contributed by atoms with E-state index >= 15 is 0 Å². The van der Waals surface area contributed by atoms with Gasteiger partial charge in [-0.25, -0.2) is 0 Å². The van der Waals surface area contributed by atoms with Crippen LogP contribution < -0.4 is 10.6 Å². The van der Waals surface area contributed by atoms with Crippen molar-refractivity contribution in [3.05, 3.63) is 56.5 Å². The molecule has 3 nitrogen and oxygen atoms in total. The quantitative estimate of drug-likeness (QED) is 0.733. The second kappa shape index (κ2) is 7.16. The van der Waals surface area contributed by atoms with Gasteiger partial charge >= 0.3 is 0 Å². The molecule has 21 heavy (non-hydrogen) atoms. The van der Waals surface area contributed by atoms with Crippen LogP contribution in [0.15, 0.2) is 40.9 Å². The van der Waals surface area contributed by atoms with Crippen LogP contribution in [-0.2, 0) is 0 Å². The van der Waals surface area contributed by atoms with Crippen LogP contribution in [0.4, 0.5) is 11.4 Å². The van der Waals surface area contributed by atoms with E-state index in [9.17, 15) is 4.79 Å². The number of hydrogen-bond acceptors (Lipinski definition) is 2. The van der Waals surface area contributed by atoms with E-state index in [1.54, 1.807) is 36.4 Å². The fourth-order valence-electron chi connectivity index (χ4n) is 1.82. The van der Waals surface area contributed by atoms with Gasteiger partial charge in [-0.3, -0.25) is 4.79 Å². The average molecular weight is 388 g/mol. The molecule has 6 heteroatoms. The summed E-state index contributed by atoms with van der Waals surface area (Å²) in [5.74, 6) is -0.234. The number of anilines is 2. The van der Waals surface area contributed by atoms with Gasteiger partial charge in [0.25, 0.3) is 5.91 Å². The molecule has 0 fully saturated rings. The summed E-state index contributed by atoms with van der Waals surface area (Å²) >= 11 is 15.2. The number of rotatable bonds is 4. The van der Waals surface area contributed by atoms with E-state index in [4.69, 9.17) is 23.2 Å². The minimum atomic E-state index is -0.234. The van der Waals surface area contributed by atoms with Crippen LogP contribution >= 0.6 is 39.1 Å². The van der Waals surface area contributed by atoms with Gasteiger partial charge in [-0.1, -0.05) is 23.2 Å². The minimum absolute atomic E-state index is 0.234. The molecule has 0 heterocycles. The van der Waals surface area contributed by atoms with Crippen molar-refractivity contribution in [3.63, 3.8) is 0 Å². The highest BCUT2D eigenvalue weighted by molar-refractivity contribution is 9.10. The van der Waals surface area contributed by atoms with Gasteiger partial charge in [-0.05, 0) is 59.3 Å². The van der Waals surface area contributed by atoms with Crippen molar-refractivity contribution in [2.45, 2.75) is 6.92 Å². The fraction of sp³-hybridized carbons (Fsp3) is 0.133. The van der Waals surface area contributed by atoms with Crippen LogP contribution in [0.5, 0.6) is 0 Å². The Morgan fingerprint density at radius 3 is 2.62 bits per heavy atom. The van der Waals surface area contributed by atoms with Crippen molar-refractivity contribution >= 4 is 56.4 Å². The summed E-state index contributed by atoms with van der Waals surface area (Å²) in [5, 5.41) is 7.07. The number of carbonyl (C=O) groups is 1. The molecule has 1 amide bonds. The second-order valence-electron chi connectivity index (χ2n) is 4.30. The summed E-state index contributed by atoms with van der Waals surface area (Å²) in [5.41, 5.74) is 1.89. The number of amides is 1. The molecule has 0 saturated carbocycles. The molecule has 2 aromatic rings. The Morgan fingerprint density at radius 1 is 1.19 bits per heavy atom. The van der Waals surface area contributed by atoms with Crippen molar-refractivity contribution < 1.29 is 4.79 Å². The Kier molecular flexibility index (Phi) is 5.51. The Hall–Kier alpha value is -1.23. The number of benzene rings is 2. The van der Waals surface area contributed by atoms with Crippen LogP contribution in [0.1, 0.15) is 17.3 Å². The van der Waals surface area contributed by atoms with Gasteiger partial charge in [0.1, 0.15) is 0 Å². The first-order valence-electron chi connectivity index (χ1n) is 6.31. The number of carbonyl (C=O) groups excluding carboxylic acids is 1. The van der Waals surface area contributed by atoms with Gasteiger partial charge < -0.3 is 10.6 Å². The van der Waals surface area contributed by atoms with Gasteiger partial charge in [-0.2, -0.15) is 0 Å². The SMILES string of the molecule is CCNc1ccc(Cl)cc1C(=O)Nc1ccc(Cl)c(Br)c1. The van der Waals surface area contributed by atoms with Gasteiger partial charge in [-0.15, -0.1) is 0 Å². The molecule has 0 aromatic heterocycles. The van der Waals surface area contributed by atoms with Gasteiger partial charge in [0.05, 0.1) is 10.6 Å². The normalized spacial score (nSPS) is 10.3. The minimum Gasteiger partial charge on any atom is -0.385 e. The van der Waals surface area contributed by atoms with Crippen molar-refractivity contribution in [2.75, 3.05) is 17.2 Å². The molecule has 0 radical (unpaired) electrons. The van der Waals surface area contributed by atoms with E-state index in [2.05, 4.69) is 26.6 Å². The Labute approximate surface area is 141 Å². The third kappa shape index (κ3) is 4.13. The van der Waals surface area contributed by atoms with E-state index < -0.39 is 0 Å². The molecular formula is C15H13BrCl2N2O. The molecular weight excluding hydrogens is 375 g/mol. The first-order valence-corrected chi connectivity index (χ1v) is 7.86. The molecule has 0 saturated heterocycles. The van der Waals surface area contributed by atoms with Gasteiger partial charge in [0.15, 0.2) is 0 Å². The summed E-state index contributed by atoms with van der Waals surface area (Å²) in [6, 6.07) is 10.4. The van der Waals surface area contributed by atoms with Crippen molar-refractivity contribution in [1.82, 2.24) is 0 Å². The fourth-order valence-corrected chi connectivity index (χ4v) is 2.49. The predicted octanol–water partition coefficient (Wildman–Crippen LogP) is 5.44. The molecule has 0 spiro atoms. The number of hydrogen-bond donors (Lipinski definition) is 2. The van der Waals surface area contributed by atoms with E-state index in [1.165, 1.54) is 0 Å². The first-order chi connectivity index (χ1) is 10.0. The monoisotopic (exact) mass is 386 g/mol. The molecule has 110 valence electrons. The van der Waals surface area contributed by atoms with Crippen LogP contribution in [0.3, 0.4) is 0 Å². The van der Waals surface area contributed by atoms with E-state index in [0.29, 0.717) is 27.8 Å². The molecule has 0 aliphatic rings. The summed E-state index contributed by atoms with van der Waals surface area (Å²) < 4.78 is 0.722. The largest absolute Gasteiger partial charge is 0.385 e. The van der Waals surface area contributed by atoms with Gasteiger partial charge in [0, 0.05) is 27.4 Å². The highest BCUT2D eigenvalue weighted by Crippen LogP contribution is 2.27. The first kappa shape index (κ1) is 16.1. The summed E-state index contributed by atoms with van der Waals surface area (Å²) in [6.45, 7) is 2.68. The average Bonchev–Trinajstić information content (AvgIpc) is 2.45. The maximum atomic E-state index is 12.4. The van der Waals surface area contributed by atoms with Crippen LogP contribution in [0, 0.1) is 0 Å². The molecule has 2 N–H and O–H groups in total. The molecule has 0 aliphatic heterocycles. The highest BCUT2D eigenvalue weighted by Gasteiger charge is 2.12. The molecule has 0 unspecified atom stereocenters. The lowest BCUT2D eigenvalue weighted by Gasteiger charge is -2.12. The Balaban J connectivity index is 2.27. The van der Waals surface area contributed by atoms with E-state index in [1.807, 2.05) is 6.92 Å². The maximum Gasteiger partial charge on any atom is 0.257 e. The number of halogens is 3. The Morgan fingerprint density at radius 2 is 1.95 bits per heavy atom. The lowest BCUT2D eigenvalue weighted by atomic mass is 10.1. The maximum absolute atomic E-state index is 12.4. The third-order valence-corrected chi connectivity index (χ3v) is 4.22. The zero-order valence-corrected chi connectivity index (χ0v) is 14.3. The standard InChI is InChI=1S/C15H13BrCl2N2O/c1-2-19-14-6-3-9(17)7-11(14)15(21)20-10-4-5-13(18)12(16)8-10/h3-8,19H,2H2,1H3,(H,20,21). The molecule has 2 rings (SSSR count). The zero-order chi connectivity index (χ0) is 15.4. The zero-order valence-electron chi connectivity index (χ0n) is 11.2. The summed E-state index contributed by atoms with van der Waals surface area (Å²) in [4.78, 5) is 12.4. The molecule has 0 aliphatic carbocycles. The van der Waals surface area contributed by atoms with Crippen molar-refractivity contribution in [2.24, 2.45) is 0 Å². The lowest BCUT2D eigenvalue weighted by molar-refractivity contribution is 0.102. The molecule has 0 bridgehead atoms. The van der Waals surface area contributed by atoms with Crippen LogP contribution in [-0.4, -0.2) is 12.5 Å². The molecule has 2 aromatic carbocycles. The van der Waals surface area contributed by atoms with Crippen molar-refractivity contribution in [3.8, 4) is 0 Å². The van der Waals surface area contributed by atoms with E-state index in [0.717, 1.165) is 10.2 Å². The molecule has 0 atom stereocenters. The summed E-state index contributed by atoms with van der Waals surface area (Å²) in [6.07, 6.45) is 0. The topological polar surface area (TPSA) is 41.1 Å². The predicted molar refractivity (Wildman–Crippen MR) is 92.7 cm³/mol. The highest BCUT2D eigenvalue weighted by atomic mass is 79.9. The van der Waals surface area contributed by atoms with Crippen LogP contribution in [0.2, 0.25) is 10.0 Å². The number of nitrogens with one attached hydrogen (secondary N) is 2.